The predicted octanol–water partition coefficient (Wildman–Crippen LogP) is 3.42. The predicted molar refractivity (Wildman–Crippen MR) is 81.5 cm³/mol. The largest absolute Gasteiger partial charge is 0.493 e. The third-order valence-corrected chi connectivity index (χ3v) is 3.70. The van der Waals surface area contributed by atoms with Crippen LogP contribution in [0.25, 0.3) is 0 Å². The Morgan fingerprint density at radius 3 is 2.33 bits per heavy atom. The van der Waals surface area contributed by atoms with Crippen LogP contribution in [0, 0.1) is 5.82 Å². The molecule has 0 saturated heterocycles. The Balaban J connectivity index is 2.50. The molecule has 0 aliphatic carbocycles. The Labute approximate surface area is 129 Å². The first-order chi connectivity index (χ1) is 9.97. The number of rotatable bonds is 4. The van der Waals surface area contributed by atoms with E-state index in [9.17, 15) is 9.18 Å². The van der Waals surface area contributed by atoms with Crippen LogP contribution < -0.4 is 15.2 Å². The van der Waals surface area contributed by atoms with Crippen molar-refractivity contribution in [1.29, 1.82) is 0 Å². The van der Waals surface area contributed by atoms with Crippen molar-refractivity contribution in [3.63, 3.8) is 0 Å². The van der Waals surface area contributed by atoms with Gasteiger partial charge >= 0.3 is 0 Å². The molecule has 0 heterocycles. The molecule has 2 aromatic rings. The fourth-order valence-electron chi connectivity index (χ4n) is 1.87. The van der Waals surface area contributed by atoms with E-state index < -0.39 is 11.6 Å². The number of anilines is 1. The summed E-state index contributed by atoms with van der Waals surface area (Å²) >= 11 is 3.24. The van der Waals surface area contributed by atoms with Gasteiger partial charge in [0.05, 0.1) is 19.8 Å². The molecule has 0 saturated carbocycles. The van der Waals surface area contributed by atoms with Crippen LogP contribution >= 0.6 is 15.9 Å². The quantitative estimate of drug-likeness (QED) is 0.675. The number of nitrogen functional groups attached to an aromatic ring is 1. The Morgan fingerprint density at radius 2 is 1.76 bits per heavy atom. The van der Waals surface area contributed by atoms with Gasteiger partial charge in [-0.1, -0.05) is 0 Å². The van der Waals surface area contributed by atoms with Crippen LogP contribution in [0.5, 0.6) is 11.5 Å². The molecule has 2 aromatic carbocycles. The summed E-state index contributed by atoms with van der Waals surface area (Å²) in [6, 6.07) is 7.13. The maximum Gasteiger partial charge on any atom is 0.196 e. The smallest absolute Gasteiger partial charge is 0.196 e. The molecule has 0 aliphatic heterocycles. The molecule has 0 bridgehead atoms. The number of benzene rings is 2. The molecule has 0 amide bonds. The molecule has 2 rings (SSSR count). The Bertz CT molecular complexity index is 704. The molecule has 0 unspecified atom stereocenters. The van der Waals surface area contributed by atoms with Crippen LogP contribution in [0.1, 0.15) is 15.9 Å². The van der Waals surface area contributed by atoms with Crippen molar-refractivity contribution in [3.8, 4) is 11.5 Å². The molecule has 0 fully saturated rings. The van der Waals surface area contributed by atoms with Crippen molar-refractivity contribution in [2.45, 2.75) is 0 Å². The van der Waals surface area contributed by atoms with Gasteiger partial charge < -0.3 is 15.2 Å². The highest BCUT2D eigenvalue weighted by Gasteiger charge is 2.19. The third kappa shape index (κ3) is 3.00. The number of methoxy groups -OCH3 is 2. The Morgan fingerprint density at radius 1 is 1.14 bits per heavy atom. The Kier molecular flexibility index (Phi) is 4.47. The molecule has 0 atom stereocenters. The number of nitrogens with two attached hydrogens (primary N) is 1. The van der Waals surface area contributed by atoms with Gasteiger partial charge in [0, 0.05) is 21.8 Å². The number of halogens is 2. The molecule has 2 N–H and O–H groups in total. The summed E-state index contributed by atoms with van der Waals surface area (Å²) < 4.78 is 24.8. The van der Waals surface area contributed by atoms with Gasteiger partial charge in [-0.15, -0.1) is 0 Å². The zero-order chi connectivity index (χ0) is 15.6. The minimum atomic E-state index is -0.681. The van der Waals surface area contributed by atoms with Crippen molar-refractivity contribution in [2.75, 3.05) is 20.0 Å². The number of carbonyl (C=O) groups excluding carboxylic acids is 1. The van der Waals surface area contributed by atoms with Crippen LogP contribution in [0.4, 0.5) is 10.1 Å². The van der Waals surface area contributed by atoms with Crippen molar-refractivity contribution in [1.82, 2.24) is 0 Å². The number of hydrogen-bond acceptors (Lipinski definition) is 4. The van der Waals surface area contributed by atoms with E-state index in [0.717, 1.165) is 6.07 Å². The van der Waals surface area contributed by atoms with Crippen LogP contribution in [-0.2, 0) is 0 Å². The molecule has 110 valence electrons. The molecule has 4 nitrogen and oxygen atoms in total. The second kappa shape index (κ2) is 6.13. The van der Waals surface area contributed by atoms with Crippen LogP contribution in [0.2, 0.25) is 0 Å². The van der Waals surface area contributed by atoms with Crippen molar-refractivity contribution >= 4 is 27.4 Å². The third-order valence-electron chi connectivity index (χ3n) is 2.98. The van der Waals surface area contributed by atoms with Crippen molar-refractivity contribution < 1.29 is 18.7 Å². The number of ether oxygens (including phenoxy) is 2. The average molecular weight is 354 g/mol. The van der Waals surface area contributed by atoms with Gasteiger partial charge in [-0.05, 0) is 40.2 Å². The van der Waals surface area contributed by atoms with Crippen LogP contribution in [0.3, 0.4) is 0 Å². The second-order valence-electron chi connectivity index (χ2n) is 4.25. The molecule has 0 spiro atoms. The van der Waals surface area contributed by atoms with Gasteiger partial charge in [0.15, 0.2) is 17.3 Å². The lowest BCUT2D eigenvalue weighted by Crippen LogP contribution is -2.06. The van der Waals surface area contributed by atoms with Crippen molar-refractivity contribution in [3.05, 3.63) is 51.7 Å². The monoisotopic (exact) mass is 353 g/mol. The molecular formula is C15H13BrFNO3. The topological polar surface area (TPSA) is 61.5 Å². The lowest BCUT2D eigenvalue weighted by molar-refractivity contribution is 0.103. The second-order valence-corrected chi connectivity index (χ2v) is 5.11. The zero-order valence-electron chi connectivity index (χ0n) is 11.4. The minimum Gasteiger partial charge on any atom is -0.493 e. The van der Waals surface area contributed by atoms with E-state index in [-0.39, 0.29) is 17.1 Å². The molecule has 21 heavy (non-hydrogen) atoms. The van der Waals surface area contributed by atoms with E-state index in [0.29, 0.717) is 15.7 Å². The molecular weight excluding hydrogens is 341 g/mol. The summed E-state index contributed by atoms with van der Waals surface area (Å²) in [7, 11) is 2.82. The molecule has 0 aliphatic rings. The summed E-state index contributed by atoms with van der Waals surface area (Å²) in [5.74, 6) is -0.652. The minimum absolute atomic E-state index is 0.102. The van der Waals surface area contributed by atoms with Gasteiger partial charge in [0.1, 0.15) is 5.82 Å². The van der Waals surface area contributed by atoms with Gasteiger partial charge in [-0.3, -0.25) is 4.79 Å². The maximum absolute atomic E-state index is 14.1. The van der Waals surface area contributed by atoms with E-state index in [4.69, 9.17) is 15.2 Å². The highest BCUT2D eigenvalue weighted by Crippen LogP contribution is 2.31. The van der Waals surface area contributed by atoms with Crippen LogP contribution in [0.15, 0.2) is 34.8 Å². The van der Waals surface area contributed by atoms with E-state index in [1.807, 2.05) is 0 Å². The standard InChI is InChI=1S/C15H13BrFNO3/c1-20-13-6-9(11(17)7-14(13)21-2)15(19)8-3-4-10(16)12(18)5-8/h3-7H,18H2,1-2H3. The Hall–Kier alpha value is -2.08. The lowest BCUT2D eigenvalue weighted by atomic mass is 10.0. The first kappa shape index (κ1) is 15.3. The van der Waals surface area contributed by atoms with Crippen LogP contribution in [-0.4, -0.2) is 20.0 Å². The van der Waals surface area contributed by atoms with E-state index in [2.05, 4.69) is 15.9 Å². The van der Waals surface area contributed by atoms with Gasteiger partial charge in [0.2, 0.25) is 0 Å². The normalized spacial score (nSPS) is 10.3. The van der Waals surface area contributed by atoms with Gasteiger partial charge in [-0.2, -0.15) is 0 Å². The average Bonchev–Trinajstić information content (AvgIpc) is 2.49. The summed E-state index contributed by atoms with van der Waals surface area (Å²) in [6.45, 7) is 0. The summed E-state index contributed by atoms with van der Waals surface area (Å²) in [4.78, 5) is 12.4. The van der Waals surface area contributed by atoms with E-state index in [1.54, 1.807) is 12.1 Å². The SMILES string of the molecule is COc1cc(F)c(C(=O)c2ccc(Br)c(N)c2)cc1OC. The highest BCUT2D eigenvalue weighted by molar-refractivity contribution is 9.10. The van der Waals surface area contributed by atoms with Crippen molar-refractivity contribution in [2.24, 2.45) is 0 Å². The fraction of sp³-hybridized carbons (Fsp3) is 0.133. The molecule has 0 radical (unpaired) electrons. The molecule has 0 aromatic heterocycles. The van der Waals surface area contributed by atoms with Gasteiger partial charge in [0.25, 0.3) is 0 Å². The first-order valence-electron chi connectivity index (χ1n) is 5.99. The summed E-state index contributed by atoms with van der Waals surface area (Å²) in [5.41, 5.74) is 6.33. The molecule has 6 heteroatoms. The number of hydrogen-bond donors (Lipinski definition) is 1. The number of carbonyl (C=O) groups is 1. The summed E-state index contributed by atoms with van der Waals surface area (Å²) in [5, 5.41) is 0. The zero-order valence-corrected chi connectivity index (χ0v) is 13.0. The maximum atomic E-state index is 14.1. The first-order valence-corrected chi connectivity index (χ1v) is 6.78. The van der Waals surface area contributed by atoms with Gasteiger partial charge in [-0.25, -0.2) is 4.39 Å². The van der Waals surface area contributed by atoms with E-state index in [1.165, 1.54) is 26.4 Å². The lowest BCUT2D eigenvalue weighted by Gasteiger charge is -2.11. The highest BCUT2D eigenvalue weighted by atomic mass is 79.9. The fourth-order valence-corrected chi connectivity index (χ4v) is 2.12. The number of ketones is 1. The van der Waals surface area contributed by atoms with E-state index >= 15 is 0 Å². The summed E-state index contributed by atoms with van der Waals surface area (Å²) in [6.07, 6.45) is 0.